The Kier molecular flexibility index (Phi) is 2.53. The summed E-state index contributed by atoms with van der Waals surface area (Å²) in [5.74, 6) is 0. The Morgan fingerprint density at radius 1 is 0.684 bits per heavy atom. The molecule has 0 amide bonds. The van der Waals surface area contributed by atoms with Crippen LogP contribution in [0.15, 0.2) is 48.5 Å². The summed E-state index contributed by atoms with van der Waals surface area (Å²) < 4.78 is 0. The first kappa shape index (κ1) is 12.0. The maximum atomic E-state index is 6.47. The molecule has 0 unspecified atom stereocenters. The molecule has 0 atom stereocenters. The van der Waals surface area contributed by atoms with Gasteiger partial charge < -0.3 is 5.73 Å². The SMILES string of the molecule is CC(C)(C)c1c(N)c2ccccc2c2ccccc12. The van der Waals surface area contributed by atoms with Crippen LogP contribution in [0.25, 0.3) is 21.5 Å². The number of hydrogen-bond acceptors (Lipinski definition) is 1. The molecule has 3 aromatic rings. The molecule has 0 aliphatic rings. The molecular formula is C18H19N. The summed E-state index contributed by atoms with van der Waals surface area (Å²) in [6.07, 6.45) is 0. The lowest BCUT2D eigenvalue weighted by molar-refractivity contribution is 0.599. The van der Waals surface area contributed by atoms with Crippen molar-refractivity contribution >= 4 is 27.2 Å². The van der Waals surface area contributed by atoms with Crippen LogP contribution in [0.3, 0.4) is 0 Å². The molecule has 0 bridgehead atoms. The van der Waals surface area contributed by atoms with Gasteiger partial charge in [-0.15, -0.1) is 0 Å². The average molecular weight is 249 g/mol. The van der Waals surface area contributed by atoms with Crippen LogP contribution < -0.4 is 5.73 Å². The number of anilines is 1. The average Bonchev–Trinajstić information content (AvgIpc) is 2.38. The van der Waals surface area contributed by atoms with E-state index in [1.165, 1.54) is 21.7 Å². The molecule has 3 aromatic carbocycles. The highest BCUT2D eigenvalue weighted by Gasteiger charge is 2.22. The van der Waals surface area contributed by atoms with Crippen molar-refractivity contribution in [2.75, 3.05) is 5.73 Å². The zero-order valence-electron chi connectivity index (χ0n) is 11.7. The van der Waals surface area contributed by atoms with Gasteiger partial charge >= 0.3 is 0 Å². The lowest BCUT2D eigenvalue weighted by Gasteiger charge is -2.25. The minimum atomic E-state index is 0.0354. The normalized spacial score (nSPS) is 12.2. The lowest BCUT2D eigenvalue weighted by atomic mass is 9.80. The second kappa shape index (κ2) is 3.99. The van der Waals surface area contributed by atoms with Gasteiger partial charge in [0.1, 0.15) is 0 Å². The molecule has 0 saturated carbocycles. The van der Waals surface area contributed by atoms with Crippen molar-refractivity contribution in [3.63, 3.8) is 0 Å². The van der Waals surface area contributed by atoms with Crippen molar-refractivity contribution in [3.8, 4) is 0 Å². The van der Waals surface area contributed by atoms with Gasteiger partial charge in [-0.05, 0) is 27.1 Å². The molecule has 0 radical (unpaired) electrons. The fourth-order valence-corrected chi connectivity index (χ4v) is 2.98. The summed E-state index contributed by atoms with van der Waals surface area (Å²) >= 11 is 0. The highest BCUT2D eigenvalue weighted by atomic mass is 14.6. The van der Waals surface area contributed by atoms with Crippen molar-refractivity contribution in [1.29, 1.82) is 0 Å². The minimum absolute atomic E-state index is 0.0354. The highest BCUT2D eigenvalue weighted by Crippen LogP contribution is 2.40. The Labute approximate surface area is 114 Å². The van der Waals surface area contributed by atoms with E-state index in [1.54, 1.807) is 0 Å². The monoisotopic (exact) mass is 249 g/mol. The molecular weight excluding hydrogens is 230 g/mol. The molecule has 3 rings (SSSR count). The van der Waals surface area contributed by atoms with Crippen LogP contribution in [0.4, 0.5) is 5.69 Å². The van der Waals surface area contributed by atoms with Crippen molar-refractivity contribution in [2.45, 2.75) is 26.2 Å². The summed E-state index contributed by atoms with van der Waals surface area (Å²) in [5, 5.41) is 4.96. The first-order valence-electron chi connectivity index (χ1n) is 6.69. The van der Waals surface area contributed by atoms with Gasteiger partial charge in [0.2, 0.25) is 0 Å². The van der Waals surface area contributed by atoms with Gasteiger partial charge in [-0.3, -0.25) is 0 Å². The Morgan fingerprint density at radius 3 is 1.63 bits per heavy atom. The van der Waals surface area contributed by atoms with E-state index in [2.05, 4.69) is 69.3 Å². The molecule has 2 N–H and O–H groups in total. The standard InChI is InChI=1S/C18H19N/c1-18(2,3)16-14-10-6-4-8-12(14)13-9-5-7-11-15(13)17(16)19/h4-11H,19H2,1-3H3. The largest absolute Gasteiger partial charge is 0.398 e. The van der Waals surface area contributed by atoms with E-state index in [4.69, 9.17) is 5.73 Å². The number of fused-ring (bicyclic) bond motifs is 3. The van der Waals surface area contributed by atoms with Crippen LogP contribution in [0.2, 0.25) is 0 Å². The fraction of sp³-hybridized carbons (Fsp3) is 0.222. The maximum absolute atomic E-state index is 6.47. The first-order chi connectivity index (χ1) is 9.00. The topological polar surface area (TPSA) is 26.0 Å². The fourth-order valence-electron chi connectivity index (χ4n) is 2.98. The molecule has 0 spiro atoms. The second-order valence-corrected chi connectivity index (χ2v) is 6.13. The van der Waals surface area contributed by atoms with Gasteiger partial charge in [0, 0.05) is 11.1 Å². The van der Waals surface area contributed by atoms with Crippen LogP contribution in [0.5, 0.6) is 0 Å². The van der Waals surface area contributed by atoms with Crippen LogP contribution in [-0.4, -0.2) is 0 Å². The smallest absolute Gasteiger partial charge is 0.0438 e. The highest BCUT2D eigenvalue weighted by molar-refractivity contribution is 6.14. The third kappa shape index (κ3) is 1.77. The predicted octanol–water partition coefficient (Wildman–Crippen LogP) is 4.87. The Morgan fingerprint density at radius 2 is 1.11 bits per heavy atom. The number of nitrogens with two attached hydrogens (primary N) is 1. The molecule has 0 saturated heterocycles. The van der Waals surface area contributed by atoms with Crippen molar-refractivity contribution in [3.05, 3.63) is 54.1 Å². The summed E-state index contributed by atoms with van der Waals surface area (Å²) in [6.45, 7) is 6.67. The number of nitrogen functional groups attached to an aromatic ring is 1. The van der Waals surface area contributed by atoms with Crippen LogP contribution in [0.1, 0.15) is 26.3 Å². The Balaban J connectivity index is 2.63. The number of benzene rings is 3. The summed E-state index contributed by atoms with van der Waals surface area (Å²) in [6, 6.07) is 17.0. The van der Waals surface area contributed by atoms with E-state index >= 15 is 0 Å². The van der Waals surface area contributed by atoms with E-state index in [0.717, 1.165) is 11.1 Å². The Hall–Kier alpha value is -2.02. The van der Waals surface area contributed by atoms with Gasteiger partial charge in [-0.1, -0.05) is 69.3 Å². The molecule has 1 heteroatoms. The zero-order chi connectivity index (χ0) is 13.6. The van der Waals surface area contributed by atoms with Crippen molar-refractivity contribution < 1.29 is 0 Å². The van der Waals surface area contributed by atoms with Gasteiger partial charge in [-0.2, -0.15) is 0 Å². The first-order valence-corrected chi connectivity index (χ1v) is 6.69. The Bertz CT molecular complexity index is 764. The summed E-state index contributed by atoms with van der Waals surface area (Å²) in [4.78, 5) is 0. The van der Waals surface area contributed by atoms with Gasteiger partial charge in [0.25, 0.3) is 0 Å². The predicted molar refractivity (Wildman–Crippen MR) is 84.6 cm³/mol. The van der Waals surface area contributed by atoms with Gasteiger partial charge in [0.05, 0.1) is 0 Å². The van der Waals surface area contributed by atoms with Crippen LogP contribution in [-0.2, 0) is 5.41 Å². The van der Waals surface area contributed by atoms with E-state index in [0.29, 0.717) is 0 Å². The van der Waals surface area contributed by atoms with E-state index in [1.807, 2.05) is 0 Å². The molecule has 1 nitrogen and oxygen atoms in total. The maximum Gasteiger partial charge on any atom is 0.0438 e. The van der Waals surface area contributed by atoms with Crippen molar-refractivity contribution in [2.24, 2.45) is 0 Å². The van der Waals surface area contributed by atoms with E-state index < -0.39 is 0 Å². The molecule has 19 heavy (non-hydrogen) atoms. The van der Waals surface area contributed by atoms with Gasteiger partial charge in [0.15, 0.2) is 0 Å². The quantitative estimate of drug-likeness (QED) is 0.446. The molecule has 0 aliphatic carbocycles. The number of rotatable bonds is 0. The second-order valence-electron chi connectivity index (χ2n) is 6.13. The summed E-state index contributed by atoms with van der Waals surface area (Å²) in [7, 11) is 0. The summed E-state index contributed by atoms with van der Waals surface area (Å²) in [5.41, 5.74) is 8.68. The van der Waals surface area contributed by atoms with Gasteiger partial charge in [-0.25, -0.2) is 0 Å². The van der Waals surface area contributed by atoms with E-state index in [-0.39, 0.29) is 5.41 Å². The van der Waals surface area contributed by atoms with E-state index in [9.17, 15) is 0 Å². The molecule has 0 aliphatic heterocycles. The van der Waals surface area contributed by atoms with Crippen LogP contribution >= 0.6 is 0 Å². The zero-order valence-corrected chi connectivity index (χ0v) is 11.7. The number of hydrogen-bond donors (Lipinski definition) is 1. The molecule has 0 aromatic heterocycles. The molecule has 96 valence electrons. The van der Waals surface area contributed by atoms with Crippen molar-refractivity contribution in [1.82, 2.24) is 0 Å². The third-order valence-electron chi connectivity index (χ3n) is 3.72. The molecule has 0 heterocycles. The third-order valence-corrected chi connectivity index (χ3v) is 3.72. The van der Waals surface area contributed by atoms with Crippen LogP contribution in [0, 0.1) is 0 Å². The lowest BCUT2D eigenvalue weighted by Crippen LogP contribution is -2.15. The minimum Gasteiger partial charge on any atom is -0.398 e. The molecule has 0 fully saturated rings.